The third kappa shape index (κ3) is 6.53. The van der Waals surface area contributed by atoms with E-state index < -0.39 is 6.36 Å². The van der Waals surface area contributed by atoms with Gasteiger partial charge in [0, 0.05) is 45.4 Å². The standard InChI is InChI=1S/C26H26F3N5O2/c1-33(2)20-9-5-18(6-10-20)16-31-24(35)14-13-23-32-22-4-3-15-30-25(22)34(23)17-19-7-11-21(12-8-19)36-26(27,28)29/h3-12,15H,13-14,16-17H2,1-2H3,(H,31,35). The van der Waals surface area contributed by atoms with Gasteiger partial charge in [-0.05, 0) is 47.5 Å². The number of hydrogen-bond donors (Lipinski definition) is 1. The Labute approximate surface area is 206 Å². The predicted octanol–water partition coefficient (Wildman–Crippen LogP) is 4.69. The molecule has 0 bridgehead atoms. The number of aromatic nitrogens is 3. The highest BCUT2D eigenvalue weighted by Crippen LogP contribution is 2.24. The van der Waals surface area contributed by atoms with E-state index in [9.17, 15) is 18.0 Å². The number of anilines is 1. The van der Waals surface area contributed by atoms with Crippen LogP contribution in [-0.4, -0.2) is 40.9 Å². The number of carbonyl (C=O) groups excluding carboxylic acids is 1. The Morgan fingerprint density at radius 2 is 1.72 bits per heavy atom. The molecule has 36 heavy (non-hydrogen) atoms. The van der Waals surface area contributed by atoms with Gasteiger partial charge in [0.1, 0.15) is 17.1 Å². The molecule has 0 atom stereocenters. The molecule has 10 heteroatoms. The van der Waals surface area contributed by atoms with Crippen LogP contribution < -0.4 is 15.0 Å². The molecule has 0 aliphatic rings. The number of carbonyl (C=O) groups is 1. The van der Waals surface area contributed by atoms with Crippen LogP contribution in [0.15, 0.2) is 66.9 Å². The summed E-state index contributed by atoms with van der Waals surface area (Å²) in [5.74, 6) is 0.282. The van der Waals surface area contributed by atoms with Gasteiger partial charge in [0.05, 0.1) is 6.54 Å². The SMILES string of the molecule is CN(C)c1ccc(CNC(=O)CCc2nc3cccnc3n2Cc2ccc(OC(F)(F)F)cc2)cc1. The van der Waals surface area contributed by atoms with Gasteiger partial charge in [-0.25, -0.2) is 9.97 Å². The molecule has 2 heterocycles. The number of nitrogens with one attached hydrogen (secondary N) is 1. The summed E-state index contributed by atoms with van der Waals surface area (Å²) in [5, 5.41) is 2.93. The molecule has 0 aliphatic heterocycles. The maximum absolute atomic E-state index is 12.5. The van der Waals surface area contributed by atoms with Crippen molar-refractivity contribution in [2.45, 2.75) is 32.3 Å². The van der Waals surface area contributed by atoms with E-state index >= 15 is 0 Å². The zero-order valence-corrected chi connectivity index (χ0v) is 19.9. The number of imidazole rings is 1. The van der Waals surface area contributed by atoms with Crippen LogP contribution in [0.2, 0.25) is 0 Å². The minimum Gasteiger partial charge on any atom is -0.406 e. The number of hydrogen-bond acceptors (Lipinski definition) is 5. The summed E-state index contributed by atoms with van der Waals surface area (Å²) in [7, 11) is 3.94. The van der Waals surface area contributed by atoms with Crippen LogP contribution in [0.25, 0.3) is 11.2 Å². The van der Waals surface area contributed by atoms with Crippen LogP contribution in [0.5, 0.6) is 5.75 Å². The lowest BCUT2D eigenvalue weighted by Crippen LogP contribution is -2.23. The maximum atomic E-state index is 12.5. The quantitative estimate of drug-likeness (QED) is 0.363. The van der Waals surface area contributed by atoms with E-state index in [2.05, 4.69) is 20.0 Å². The first-order valence-corrected chi connectivity index (χ1v) is 11.4. The minimum atomic E-state index is -4.74. The number of aryl methyl sites for hydroxylation is 1. The Kier molecular flexibility index (Phi) is 7.42. The molecule has 0 unspecified atom stereocenters. The summed E-state index contributed by atoms with van der Waals surface area (Å²) < 4.78 is 43.2. The summed E-state index contributed by atoms with van der Waals surface area (Å²) >= 11 is 0. The van der Waals surface area contributed by atoms with Gasteiger partial charge in [-0.3, -0.25) is 4.79 Å². The van der Waals surface area contributed by atoms with Crippen molar-refractivity contribution in [3.63, 3.8) is 0 Å². The van der Waals surface area contributed by atoms with Crippen molar-refractivity contribution in [1.82, 2.24) is 19.9 Å². The van der Waals surface area contributed by atoms with Gasteiger partial charge in [-0.15, -0.1) is 13.2 Å². The molecule has 0 spiro atoms. The normalized spacial score (nSPS) is 11.5. The molecule has 1 N–H and O–H groups in total. The van der Waals surface area contributed by atoms with E-state index in [4.69, 9.17) is 0 Å². The Hall–Kier alpha value is -4.08. The van der Waals surface area contributed by atoms with Gasteiger partial charge in [0.15, 0.2) is 5.65 Å². The zero-order valence-electron chi connectivity index (χ0n) is 19.9. The predicted molar refractivity (Wildman–Crippen MR) is 131 cm³/mol. The fourth-order valence-corrected chi connectivity index (χ4v) is 3.77. The van der Waals surface area contributed by atoms with E-state index in [0.717, 1.165) is 16.8 Å². The molecule has 188 valence electrons. The second-order valence-corrected chi connectivity index (χ2v) is 8.49. The largest absolute Gasteiger partial charge is 0.573 e. The van der Waals surface area contributed by atoms with Gasteiger partial charge in [-0.2, -0.15) is 0 Å². The maximum Gasteiger partial charge on any atom is 0.573 e. The number of rotatable bonds is 9. The van der Waals surface area contributed by atoms with Crippen LogP contribution in [0.3, 0.4) is 0 Å². The van der Waals surface area contributed by atoms with Crippen LogP contribution in [0.1, 0.15) is 23.4 Å². The van der Waals surface area contributed by atoms with Gasteiger partial charge in [0.25, 0.3) is 0 Å². The van der Waals surface area contributed by atoms with Crippen LogP contribution in [-0.2, 0) is 24.3 Å². The van der Waals surface area contributed by atoms with Crippen molar-refractivity contribution in [2.75, 3.05) is 19.0 Å². The second-order valence-electron chi connectivity index (χ2n) is 8.49. The first-order valence-electron chi connectivity index (χ1n) is 11.4. The molecular formula is C26H26F3N5O2. The number of alkyl halides is 3. The number of amides is 1. The molecule has 0 aliphatic carbocycles. The third-order valence-electron chi connectivity index (χ3n) is 5.60. The summed E-state index contributed by atoms with van der Waals surface area (Å²) in [6.07, 6.45) is -2.47. The third-order valence-corrected chi connectivity index (χ3v) is 5.60. The fourth-order valence-electron chi connectivity index (χ4n) is 3.77. The molecule has 7 nitrogen and oxygen atoms in total. The molecule has 4 rings (SSSR count). The molecule has 2 aromatic carbocycles. The minimum absolute atomic E-state index is 0.105. The van der Waals surface area contributed by atoms with Crippen molar-refractivity contribution in [1.29, 1.82) is 0 Å². The van der Waals surface area contributed by atoms with E-state index in [1.165, 1.54) is 12.1 Å². The molecule has 0 saturated heterocycles. The Balaban J connectivity index is 1.41. The summed E-state index contributed by atoms with van der Waals surface area (Å²) in [5.41, 5.74) is 4.17. The van der Waals surface area contributed by atoms with Crippen LogP contribution in [0.4, 0.5) is 18.9 Å². The summed E-state index contributed by atoms with van der Waals surface area (Å²) in [4.78, 5) is 23.6. The van der Waals surface area contributed by atoms with E-state index in [1.807, 2.05) is 53.9 Å². The lowest BCUT2D eigenvalue weighted by molar-refractivity contribution is -0.274. The van der Waals surface area contributed by atoms with Gasteiger partial charge in [0.2, 0.25) is 5.91 Å². The lowest BCUT2D eigenvalue weighted by atomic mass is 10.2. The number of nitrogens with zero attached hydrogens (tertiary/aromatic N) is 4. The van der Waals surface area contributed by atoms with Gasteiger partial charge >= 0.3 is 6.36 Å². The molecule has 0 fully saturated rings. The summed E-state index contributed by atoms with van der Waals surface area (Å²) in [6.45, 7) is 0.770. The zero-order chi connectivity index (χ0) is 25.7. The lowest BCUT2D eigenvalue weighted by Gasteiger charge is -2.13. The van der Waals surface area contributed by atoms with E-state index in [0.29, 0.717) is 36.5 Å². The van der Waals surface area contributed by atoms with Gasteiger partial charge in [-0.1, -0.05) is 24.3 Å². The van der Waals surface area contributed by atoms with E-state index in [-0.39, 0.29) is 18.1 Å². The number of pyridine rings is 1. The smallest absolute Gasteiger partial charge is 0.406 e. The van der Waals surface area contributed by atoms with E-state index in [1.54, 1.807) is 24.4 Å². The van der Waals surface area contributed by atoms with Crippen LogP contribution >= 0.6 is 0 Å². The highest BCUT2D eigenvalue weighted by Gasteiger charge is 2.31. The highest BCUT2D eigenvalue weighted by atomic mass is 19.4. The second kappa shape index (κ2) is 10.7. The number of fused-ring (bicyclic) bond motifs is 1. The average Bonchev–Trinajstić information content (AvgIpc) is 3.19. The van der Waals surface area contributed by atoms with Crippen molar-refractivity contribution >= 4 is 22.8 Å². The Morgan fingerprint density at radius 1 is 1.03 bits per heavy atom. The summed E-state index contributed by atoms with van der Waals surface area (Å²) in [6, 6.07) is 17.2. The van der Waals surface area contributed by atoms with Crippen molar-refractivity contribution in [2.24, 2.45) is 0 Å². The molecular weight excluding hydrogens is 471 g/mol. The topological polar surface area (TPSA) is 72.3 Å². The number of benzene rings is 2. The van der Waals surface area contributed by atoms with Crippen molar-refractivity contribution in [3.05, 3.63) is 83.8 Å². The van der Waals surface area contributed by atoms with Crippen molar-refractivity contribution < 1.29 is 22.7 Å². The van der Waals surface area contributed by atoms with Crippen LogP contribution in [0, 0.1) is 0 Å². The Bertz CT molecular complexity index is 1320. The average molecular weight is 498 g/mol. The molecule has 2 aromatic heterocycles. The first kappa shape index (κ1) is 25.0. The fraction of sp³-hybridized carbons (Fsp3) is 0.269. The van der Waals surface area contributed by atoms with Crippen molar-refractivity contribution in [3.8, 4) is 5.75 Å². The monoisotopic (exact) mass is 497 g/mol. The highest BCUT2D eigenvalue weighted by molar-refractivity contribution is 5.76. The molecule has 4 aromatic rings. The van der Waals surface area contributed by atoms with Gasteiger partial charge < -0.3 is 19.5 Å². The first-order chi connectivity index (χ1) is 17.2. The Morgan fingerprint density at radius 3 is 2.39 bits per heavy atom. The number of halogens is 3. The molecule has 0 saturated carbocycles. The molecule has 0 radical (unpaired) electrons. The molecule has 1 amide bonds. The number of ether oxygens (including phenoxy) is 1.